The molecule has 0 radical (unpaired) electrons. The monoisotopic (exact) mass is 499 g/mol. The van der Waals surface area contributed by atoms with Crippen molar-refractivity contribution in [1.82, 2.24) is 24.3 Å². The molecule has 3 aromatic rings. The zero-order valence-corrected chi connectivity index (χ0v) is 20.8. The molecule has 0 unspecified atom stereocenters. The molecule has 3 heterocycles. The average molecular weight is 500 g/mol. The van der Waals surface area contributed by atoms with Gasteiger partial charge in [-0.25, -0.2) is 4.79 Å². The first-order valence-corrected chi connectivity index (χ1v) is 12.4. The van der Waals surface area contributed by atoms with Crippen LogP contribution in [0.1, 0.15) is 29.8 Å². The zero-order valence-electron chi connectivity index (χ0n) is 20.0. The zero-order chi connectivity index (χ0) is 25.1. The van der Waals surface area contributed by atoms with Gasteiger partial charge in [-0.2, -0.15) is 0 Å². The molecule has 3 N–H and O–H groups in total. The van der Waals surface area contributed by atoms with Crippen LogP contribution in [-0.4, -0.2) is 62.2 Å². The molecule has 1 saturated heterocycles. The van der Waals surface area contributed by atoms with Gasteiger partial charge in [-0.1, -0.05) is 37.7 Å². The van der Waals surface area contributed by atoms with E-state index in [0.29, 0.717) is 44.0 Å². The van der Waals surface area contributed by atoms with E-state index in [9.17, 15) is 14.4 Å². The predicted molar refractivity (Wildman–Crippen MR) is 135 cm³/mol. The number of ether oxygens (including phenoxy) is 1. The van der Waals surface area contributed by atoms with Gasteiger partial charge in [0.15, 0.2) is 10.9 Å². The molecule has 1 fully saturated rings. The summed E-state index contributed by atoms with van der Waals surface area (Å²) in [6, 6.07) is 7.92. The highest BCUT2D eigenvalue weighted by atomic mass is 32.2. The molecule has 0 amide bonds. The molecule has 1 aliphatic heterocycles. The topological polar surface area (TPSA) is 141 Å². The second-order valence-corrected chi connectivity index (χ2v) is 9.73. The number of aryl methyl sites for hydroxylation is 1. The van der Waals surface area contributed by atoms with Gasteiger partial charge in [0, 0.05) is 19.6 Å². The van der Waals surface area contributed by atoms with E-state index in [4.69, 9.17) is 10.5 Å². The third-order valence-corrected chi connectivity index (χ3v) is 6.50. The summed E-state index contributed by atoms with van der Waals surface area (Å²) in [7, 11) is 0. The van der Waals surface area contributed by atoms with Gasteiger partial charge in [0.05, 0.1) is 24.7 Å². The number of nitrogens with zero attached hydrogens (tertiary/aromatic N) is 5. The number of ketones is 1. The van der Waals surface area contributed by atoms with Gasteiger partial charge in [-0.3, -0.25) is 23.7 Å². The Kier molecular flexibility index (Phi) is 7.41. The Morgan fingerprint density at radius 2 is 1.97 bits per heavy atom. The molecule has 0 aliphatic carbocycles. The Balaban J connectivity index is 1.65. The van der Waals surface area contributed by atoms with E-state index in [2.05, 4.69) is 20.1 Å². The van der Waals surface area contributed by atoms with Gasteiger partial charge in [-0.05, 0) is 30.5 Å². The Morgan fingerprint density at radius 1 is 1.23 bits per heavy atom. The van der Waals surface area contributed by atoms with Crippen LogP contribution in [-0.2, 0) is 11.3 Å². The molecule has 0 atom stereocenters. The van der Waals surface area contributed by atoms with Crippen LogP contribution in [0.5, 0.6) is 0 Å². The SMILES string of the molecule is Cc1cccc(-n2c(SCC(=O)c3c(N)n(CC(C)C)c(=O)[nH]c3=O)nnc2N2CCOCC2)c1. The number of thioether (sulfide) groups is 1. The predicted octanol–water partition coefficient (Wildman–Crippen LogP) is 1.48. The number of hydrogen-bond acceptors (Lipinski definition) is 9. The summed E-state index contributed by atoms with van der Waals surface area (Å²) in [4.78, 5) is 42.1. The van der Waals surface area contributed by atoms with E-state index in [1.807, 2.05) is 49.6 Å². The second-order valence-electron chi connectivity index (χ2n) is 8.79. The third-order valence-electron chi connectivity index (χ3n) is 5.57. The fourth-order valence-electron chi connectivity index (χ4n) is 3.92. The van der Waals surface area contributed by atoms with Gasteiger partial charge in [0.2, 0.25) is 5.95 Å². The molecule has 1 aliphatic rings. The third kappa shape index (κ3) is 5.33. The number of nitrogens with two attached hydrogens (primary N) is 1. The maximum atomic E-state index is 13.1. The number of benzene rings is 1. The highest BCUT2D eigenvalue weighted by Crippen LogP contribution is 2.28. The average Bonchev–Trinajstić information content (AvgIpc) is 3.25. The number of carbonyl (C=O) groups excluding carboxylic acids is 1. The Morgan fingerprint density at radius 3 is 2.66 bits per heavy atom. The number of Topliss-reactive ketones (excluding diaryl/α,β-unsaturated/α-hetero) is 1. The Labute approximate surface area is 206 Å². The van der Waals surface area contributed by atoms with Crippen LogP contribution in [0.2, 0.25) is 0 Å². The first-order chi connectivity index (χ1) is 16.8. The molecule has 0 spiro atoms. The number of carbonyl (C=O) groups is 1. The van der Waals surface area contributed by atoms with Crippen LogP contribution in [0.3, 0.4) is 0 Å². The quantitative estimate of drug-likeness (QED) is 0.348. The Bertz CT molecular complexity index is 1340. The van der Waals surface area contributed by atoms with Crippen molar-refractivity contribution in [3.63, 3.8) is 0 Å². The highest BCUT2D eigenvalue weighted by Gasteiger charge is 2.24. The molecule has 12 heteroatoms. The largest absolute Gasteiger partial charge is 0.384 e. The normalized spacial score (nSPS) is 14.0. The van der Waals surface area contributed by atoms with Crippen LogP contribution >= 0.6 is 11.8 Å². The number of rotatable bonds is 8. The summed E-state index contributed by atoms with van der Waals surface area (Å²) < 4.78 is 8.61. The lowest BCUT2D eigenvalue weighted by Gasteiger charge is -2.28. The molecule has 11 nitrogen and oxygen atoms in total. The number of aromatic amines is 1. The van der Waals surface area contributed by atoms with Crippen LogP contribution in [0.25, 0.3) is 5.69 Å². The van der Waals surface area contributed by atoms with Gasteiger partial charge < -0.3 is 15.4 Å². The minimum atomic E-state index is -0.785. The molecule has 186 valence electrons. The minimum absolute atomic E-state index is 0.0970. The fourth-order valence-corrected chi connectivity index (χ4v) is 4.74. The first kappa shape index (κ1) is 24.7. The summed E-state index contributed by atoms with van der Waals surface area (Å²) >= 11 is 1.16. The van der Waals surface area contributed by atoms with Crippen molar-refractivity contribution < 1.29 is 9.53 Å². The van der Waals surface area contributed by atoms with Crippen molar-refractivity contribution in [3.8, 4) is 5.69 Å². The molecule has 0 saturated carbocycles. The molecule has 1 aromatic carbocycles. The van der Waals surface area contributed by atoms with Crippen LogP contribution in [0.4, 0.5) is 11.8 Å². The van der Waals surface area contributed by atoms with E-state index < -0.39 is 17.0 Å². The lowest BCUT2D eigenvalue weighted by molar-refractivity contribution is 0.102. The molecule has 4 rings (SSSR count). The van der Waals surface area contributed by atoms with Crippen LogP contribution in [0, 0.1) is 12.8 Å². The summed E-state index contributed by atoms with van der Waals surface area (Å²) in [5.41, 5.74) is 6.42. The van der Waals surface area contributed by atoms with Crippen LogP contribution in [0.15, 0.2) is 39.0 Å². The number of H-pyrrole nitrogens is 1. The van der Waals surface area contributed by atoms with Crippen LogP contribution < -0.4 is 21.9 Å². The molecular formula is C23H29N7O4S. The summed E-state index contributed by atoms with van der Waals surface area (Å²) in [5, 5.41) is 9.26. The minimum Gasteiger partial charge on any atom is -0.384 e. The summed E-state index contributed by atoms with van der Waals surface area (Å²) in [6.07, 6.45) is 0. The van der Waals surface area contributed by atoms with Crippen molar-refractivity contribution in [2.24, 2.45) is 5.92 Å². The van der Waals surface area contributed by atoms with E-state index in [1.165, 1.54) is 4.57 Å². The maximum Gasteiger partial charge on any atom is 0.329 e. The maximum absolute atomic E-state index is 13.1. The van der Waals surface area contributed by atoms with Gasteiger partial charge in [0.25, 0.3) is 5.56 Å². The van der Waals surface area contributed by atoms with Gasteiger partial charge in [0.1, 0.15) is 11.4 Å². The standard InChI is InChI=1S/C23H29N7O4S/c1-14(2)12-29-19(24)18(20(32)25-22(29)33)17(31)13-35-23-27-26-21(28-7-9-34-10-8-28)30(23)16-6-4-5-15(3)11-16/h4-6,11,14H,7-10,12-13,24H2,1-3H3,(H,25,32,33). The number of nitrogens with one attached hydrogen (secondary N) is 1. The molecule has 2 aromatic heterocycles. The fraction of sp³-hybridized carbons (Fsp3) is 0.435. The van der Waals surface area contributed by atoms with E-state index in [-0.39, 0.29) is 23.1 Å². The lowest BCUT2D eigenvalue weighted by Crippen LogP contribution is -2.38. The number of nitrogen functional groups attached to an aromatic ring is 1. The number of morpholine rings is 1. The molecular weight excluding hydrogens is 470 g/mol. The molecule has 0 bridgehead atoms. The lowest BCUT2D eigenvalue weighted by atomic mass is 10.2. The van der Waals surface area contributed by atoms with Gasteiger partial charge >= 0.3 is 5.69 Å². The summed E-state index contributed by atoms with van der Waals surface area (Å²) in [5.74, 6) is 0.0619. The first-order valence-electron chi connectivity index (χ1n) is 11.4. The number of hydrogen-bond donors (Lipinski definition) is 2. The van der Waals surface area contributed by atoms with Gasteiger partial charge in [-0.15, -0.1) is 10.2 Å². The smallest absolute Gasteiger partial charge is 0.329 e. The summed E-state index contributed by atoms with van der Waals surface area (Å²) in [6.45, 7) is 8.66. The number of anilines is 2. The van der Waals surface area contributed by atoms with Crippen molar-refractivity contribution in [2.75, 3.05) is 42.7 Å². The number of aromatic nitrogens is 5. The van der Waals surface area contributed by atoms with Crippen molar-refractivity contribution in [2.45, 2.75) is 32.5 Å². The van der Waals surface area contributed by atoms with Crippen molar-refractivity contribution >= 4 is 29.3 Å². The van der Waals surface area contributed by atoms with E-state index in [1.54, 1.807) is 0 Å². The van der Waals surface area contributed by atoms with Crippen molar-refractivity contribution in [3.05, 3.63) is 56.2 Å². The second kappa shape index (κ2) is 10.5. The Hall–Kier alpha value is -3.38. The van der Waals surface area contributed by atoms with Crippen molar-refractivity contribution in [1.29, 1.82) is 0 Å². The van der Waals surface area contributed by atoms with E-state index >= 15 is 0 Å². The molecule has 35 heavy (non-hydrogen) atoms. The van der Waals surface area contributed by atoms with E-state index in [0.717, 1.165) is 23.0 Å². The highest BCUT2D eigenvalue weighted by molar-refractivity contribution is 7.99.